The van der Waals surface area contributed by atoms with Gasteiger partial charge in [-0.1, -0.05) is 36.5 Å². The van der Waals surface area contributed by atoms with Crippen molar-refractivity contribution in [2.24, 2.45) is 10.7 Å². The van der Waals surface area contributed by atoms with E-state index in [0.717, 1.165) is 49.0 Å². The molecule has 0 atom stereocenters. The van der Waals surface area contributed by atoms with Crippen LogP contribution in [0.2, 0.25) is 0 Å². The first-order valence-electron chi connectivity index (χ1n) is 10.3. The molecule has 1 aromatic heterocycles. The number of hydrogen-bond donors (Lipinski definition) is 4. The maximum absolute atomic E-state index is 14.2. The molecular weight excluding hydrogens is 421 g/mol. The molecule has 0 spiro atoms. The Bertz CT molecular complexity index is 1280. The Morgan fingerprint density at radius 1 is 1.22 bits per heavy atom. The van der Waals surface area contributed by atoms with Crippen LogP contribution in [0.5, 0.6) is 0 Å². The summed E-state index contributed by atoms with van der Waals surface area (Å²) in [5.41, 5.74) is 18.4. The quantitative estimate of drug-likeness (QED) is 0.394. The third kappa shape index (κ3) is 4.16. The molecule has 0 amide bonds. The molecule has 0 saturated heterocycles. The number of aromatic amines is 1. The van der Waals surface area contributed by atoms with E-state index in [1.807, 2.05) is 50.3 Å². The minimum Gasteiger partial charge on any atom is -0.399 e. The average molecular weight is 448 g/mol. The van der Waals surface area contributed by atoms with Crippen LogP contribution in [-0.2, 0) is 6.42 Å². The van der Waals surface area contributed by atoms with Crippen molar-refractivity contribution < 1.29 is 4.39 Å². The topological polar surface area (TPSA) is 92.2 Å². The molecule has 5 nitrogen and oxygen atoms in total. The highest BCUT2D eigenvalue weighted by atomic mass is 32.2. The molecule has 6 N–H and O–H groups in total. The molecule has 2 aromatic carbocycles. The third-order valence-electron chi connectivity index (χ3n) is 5.50. The molecule has 0 saturated carbocycles. The largest absolute Gasteiger partial charge is 0.399 e. The van der Waals surface area contributed by atoms with E-state index in [4.69, 9.17) is 11.5 Å². The number of benzene rings is 2. The van der Waals surface area contributed by atoms with E-state index in [9.17, 15) is 4.39 Å². The van der Waals surface area contributed by atoms with E-state index in [0.29, 0.717) is 24.3 Å². The SMILES string of the molecule is C=C/N=C1/C=C(c2ccc(N)cc2)S/C1=C(/N)NCCc1c(C)[nH]c2c(F)ccc(C)c12. The summed E-state index contributed by atoms with van der Waals surface area (Å²) >= 11 is 1.56. The Hall–Kier alpha value is -3.45. The molecule has 1 aliphatic heterocycles. The first-order chi connectivity index (χ1) is 15.4. The summed E-state index contributed by atoms with van der Waals surface area (Å²) < 4.78 is 14.2. The second-order valence-corrected chi connectivity index (χ2v) is 8.74. The monoisotopic (exact) mass is 447 g/mol. The summed E-state index contributed by atoms with van der Waals surface area (Å²) in [6.45, 7) is 8.30. The number of thioether (sulfide) groups is 1. The molecule has 0 aliphatic carbocycles. The van der Waals surface area contributed by atoms with Gasteiger partial charge in [0.05, 0.1) is 16.1 Å². The minimum atomic E-state index is -0.233. The first-order valence-corrected chi connectivity index (χ1v) is 11.1. The van der Waals surface area contributed by atoms with Crippen LogP contribution in [0.3, 0.4) is 0 Å². The third-order valence-corrected chi connectivity index (χ3v) is 6.71. The number of nitrogens with two attached hydrogens (primary N) is 2. The van der Waals surface area contributed by atoms with Gasteiger partial charge in [-0.25, -0.2) is 4.39 Å². The second kappa shape index (κ2) is 8.96. The van der Waals surface area contributed by atoms with Gasteiger partial charge in [0, 0.05) is 34.4 Å². The summed E-state index contributed by atoms with van der Waals surface area (Å²) in [6.07, 6.45) is 4.22. The van der Waals surface area contributed by atoms with E-state index >= 15 is 0 Å². The zero-order valence-corrected chi connectivity index (χ0v) is 18.9. The van der Waals surface area contributed by atoms with E-state index in [2.05, 4.69) is 21.9 Å². The molecule has 0 fully saturated rings. The van der Waals surface area contributed by atoms with Crippen molar-refractivity contribution in [3.8, 4) is 0 Å². The summed E-state index contributed by atoms with van der Waals surface area (Å²) in [5, 5.41) is 4.27. The predicted molar refractivity (Wildman–Crippen MR) is 135 cm³/mol. The highest BCUT2D eigenvalue weighted by Gasteiger charge is 2.22. The Morgan fingerprint density at radius 3 is 2.69 bits per heavy atom. The average Bonchev–Trinajstić information content (AvgIpc) is 3.34. The molecule has 1 aliphatic rings. The number of aromatic nitrogens is 1. The van der Waals surface area contributed by atoms with Gasteiger partial charge in [0.2, 0.25) is 0 Å². The van der Waals surface area contributed by atoms with Crippen LogP contribution in [0, 0.1) is 19.7 Å². The molecule has 4 rings (SSSR count). The second-order valence-electron chi connectivity index (χ2n) is 7.69. The van der Waals surface area contributed by atoms with Gasteiger partial charge in [-0.05, 0) is 61.2 Å². The highest BCUT2D eigenvalue weighted by molar-refractivity contribution is 8.13. The normalized spacial score (nSPS) is 16.5. The van der Waals surface area contributed by atoms with Crippen molar-refractivity contribution in [3.63, 3.8) is 0 Å². The highest BCUT2D eigenvalue weighted by Crippen LogP contribution is 2.41. The van der Waals surface area contributed by atoms with Crippen LogP contribution in [0.4, 0.5) is 10.1 Å². The van der Waals surface area contributed by atoms with Gasteiger partial charge in [0.25, 0.3) is 0 Å². The van der Waals surface area contributed by atoms with Crippen molar-refractivity contribution in [2.45, 2.75) is 20.3 Å². The van der Waals surface area contributed by atoms with Crippen molar-refractivity contribution >= 4 is 39.0 Å². The van der Waals surface area contributed by atoms with E-state index in [-0.39, 0.29) is 5.82 Å². The molecule has 2 heterocycles. The van der Waals surface area contributed by atoms with Crippen molar-refractivity contribution in [3.05, 3.63) is 94.2 Å². The predicted octanol–water partition coefficient (Wildman–Crippen LogP) is 5.14. The van der Waals surface area contributed by atoms with Crippen molar-refractivity contribution in [1.82, 2.24) is 10.3 Å². The van der Waals surface area contributed by atoms with Crippen molar-refractivity contribution in [2.75, 3.05) is 12.3 Å². The van der Waals surface area contributed by atoms with Crippen LogP contribution >= 0.6 is 11.8 Å². The summed E-state index contributed by atoms with van der Waals surface area (Å²) in [4.78, 5) is 9.47. The number of hydrogen-bond acceptors (Lipinski definition) is 5. The number of H-pyrrole nitrogens is 1. The van der Waals surface area contributed by atoms with Gasteiger partial charge in [0.15, 0.2) is 0 Å². The summed E-state index contributed by atoms with van der Waals surface area (Å²) in [5.74, 6) is 0.320. The smallest absolute Gasteiger partial charge is 0.147 e. The van der Waals surface area contributed by atoms with Gasteiger partial charge < -0.3 is 21.8 Å². The van der Waals surface area contributed by atoms with Gasteiger partial charge >= 0.3 is 0 Å². The Kier molecular flexibility index (Phi) is 6.10. The molecule has 7 heteroatoms. The number of allylic oxidation sites excluding steroid dienone is 2. The first kappa shape index (κ1) is 21.8. The fraction of sp³-hybridized carbons (Fsp3) is 0.160. The van der Waals surface area contributed by atoms with Gasteiger partial charge in [-0.15, -0.1) is 0 Å². The molecule has 0 bridgehead atoms. The number of aliphatic imine (C=N–C) groups is 1. The van der Waals surface area contributed by atoms with Crippen LogP contribution in [0.25, 0.3) is 15.8 Å². The lowest BCUT2D eigenvalue weighted by atomic mass is 10.0. The van der Waals surface area contributed by atoms with E-state index in [1.165, 1.54) is 12.3 Å². The molecule has 0 unspecified atom stereocenters. The number of nitrogen functional groups attached to an aromatic ring is 1. The number of nitrogens with one attached hydrogen (secondary N) is 2. The van der Waals surface area contributed by atoms with Crippen LogP contribution in [0.15, 0.2) is 71.0 Å². The number of halogens is 1. The van der Waals surface area contributed by atoms with Gasteiger partial charge in [-0.3, -0.25) is 4.99 Å². The van der Waals surface area contributed by atoms with Crippen molar-refractivity contribution in [1.29, 1.82) is 0 Å². The number of anilines is 1. The number of rotatable bonds is 6. The zero-order valence-electron chi connectivity index (χ0n) is 18.1. The van der Waals surface area contributed by atoms with Crippen LogP contribution in [0.1, 0.15) is 22.4 Å². The summed E-state index contributed by atoms with van der Waals surface area (Å²) in [6, 6.07) is 11.0. The Labute approximate surface area is 191 Å². The molecule has 32 heavy (non-hydrogen) atoms. The zero-order chi connectivity index (χ0) is 22.8. The minimum absolute atomic E-state index is 0.233. The molecule has 164 valence electrons. The lowest BCUT2D eigenvalue weighted by molar-refractivity contribution is 0.637. The van der Waals surface area contributed by atoms with Crippen LogP contribution < -0.4 is 16.8 Å². The Balaban J connectivity index is 1.53. The molecular formula is C25H26FN5S. The standard InChI is InChI=1S/C25H26FN5S/c1-4-29-20-13-21(16-6-8-17(27)9-7-16)32-24(20)25(28)30-12-11-18-15(3)31-23-19(26)10-5-14(2)22(18)23/h4-10,13,30-31H,1,11-12,27-28H2,2-3H3/b25-24-,29-20-. The number of nitrogens with zero attached hydrogens (tertiary/aromatic N) is 1. The molecule has 0 radical (unpaired) electrons. The molecule has 3 aromatic rings. The summed E-state index contributed by atoms with van der Waals surface area (Å²) in [7, 11) is 0. The fourth-order valence-corrected chi connectivity index (χ4v) is 4.96. The van der Waals surface area contributed by atoms with E-state index < -0.39 is 0 Å². The van der Waals surface area contributed by atoms with E-state index in [1.54, 1.807) is 11.8 Å². The van der Waals surface area contributed by atoms with Gasteiger partial charge in [-0.2, -0.15) is 0 Å². The number of aryl methyl sites for hydroxylation is 2. The van der Waals surface area contributed by atoms with Crippen LogP contribution in [-0.4, -0.2) is 17.2 Å². The number of fused-ring (bicyclic) bond motifs is 1. The lowest BCUT2D eigenvalue weighted by Gasteiger charge is -2.11. The maximum atomic E-state index is 14.2. The maximum Gasteiger partial charge on any atom is 0.147 e. The fourth-order valence-electron chi connectivity index (χ4n) is 3.92. The lowest BCUT2D eigenvalue weighted by Crippen LogP contribution is -2.25. The Morgan fingerprint density at radius 2 is 1.97 bits per heavy atom. The van der Waals surface area contributed by atoms with Gasteiger partial charge in [0.1, 0.15) is 11.6 Å².